The second-order valence-electron chi connectivity index (χ2n) is 2.90. The van der Waals surface area contributed by atoms with Gasteiger partial charge in [-0.2, -0.15) is 5.10 Å². The van der Waals surface area contributed by atoms with Crippen molar-refractivity contribution in [2.24, 2.45) is 0 Å². The van der Waals surface area contributed by atoms with Crippen molar-refractivity contribution < 1.29 is 0 Å². The molecule has 2 aromatic rings. The smallest absolute Gasteiger partial charge is 0.0646 e. The van der Waals surface area contributed by atoms with Crippen molar-refractivity contribution in [2.75, 3.05) is 0 Å². The second-order valence-corrected chi connectivity index (χ2v) is 4.09. The highest BCUT2D eigenvalue weighted by atomic mass is 79.9. The van der Waals surface area contributed by atoms with Gasteiger partial charge in [-0.3, -0.25) is 0 Å². The van der Waals surface area contributed by atoms with Gasteiger partial charge in [-0.05, 0) is 24.3 Å². The Labute approximate surface area is 95.6 Å². The molecular weight excluding hydrogens is 263 g/mol. The molecule has 4 heteroatoms. The van der Waals surface area contributed by atoms with Gasteiger partial charge in [0.15, 0.2) is 0 Å². The predicted octanol–water partition coefficient (Wildman–Crippen LogP) is 3.37. The van der Waals surface area contributed by atoms with E-state index in [0.717, 1.165) is 15.7 Å². The van der Waals surface area contributed by atoms with Crippen LogP contribution in [0.5, 0.6) is 0 Å². The summed E-state index contributed by atoms with van der Waals surface area (Å²) in [6.45, 7) is 0. The van der Waals surface area contributed by atoms with Gasteiger partial charge >= 0.3 is 0 Å². The summed E-state index contributed by atoms with van der Waals surface area (Å²) in [5.74, 6) is 0.497. The third kappa shape index (κ3) is 1.99. The van der Waals surface area contributed by atoms with Gasteiger partial charge in [0.2, 0.25) is 0 Å². The van der Waals surface area contributed by atoms with Crippen LogP contribution < -0.4 is 0 Å². The van der Waals surface area contributed by atoms with Crippen molar-refractivity contribution in [3.63, 3.8) is 0 Å². The van der Waals surface area contributed by atoms with Crippen molar-refractivity contribution in [1.29, 1.82) is 0 Å². The quantitative estimate of drug-likeness (QED) is 0.766. The number of nitrogens with zero attached hydrogens (tertiary/aromatic N) is 2. The number of hydrogen-bond acceptors (Lipinski definition) is 1. The van der Waals surface area contributed by atoms with Crippen LogP contribution in [-0.2, 0) is 5.88 Å². The average Bonchev–Trinajstić information content (AvgIpc) is 2.67. The molecule has 1 aromatic carbocycles. The Bertz CT molecular complexity index is 422. The number of benzene rings is 1. The zero-order valence-corrected chi connectivity index (χ0v) is 9.66. The zero-order valence-electron chi connectivity index (χ0n) is 7.32. The summed E-state index contributed by atoms with van der Waals surface area (Å²) in [5, 5.41) is 4.20. The Balaban J connectivity index is 2.34. The lowest BCUT2D eigenvalue weighted by Gasteiger charge is -1.99. The molecule has 0 fully saturated rings. The molecular formula is C10H8BrClN2. The van der Waals surface area contributed by atoms with E-state index in [-0.39, 0.29) is 0 Å². The van der Waals surface area contributed by atoms with Crippen molar-refractivity contribution in [1.82, 2.24) is 9.78 Å². The fraction of sp³-hybridized carbons (Fsp3) is 0.100. The van der Waals surface area contributed by atoms with Crippen LogP contribution in [0, 0.1) is 0 Å². The van der Waals surface area contributed by atoms with Crippen LogP contribution in [0.15, 0.2) is 41.1 Å². The lowest BCUT2D eigenvalue weighted by molar-refractivity contribution is 0.880. The van der Waals surface area contributed by atoms with E-state index in [4.69, 9.17) is 11.6 Å². The van der Waals surface area contributed by atoms with Crippen molar-refractivity contribution in [2.45, 2.75) is 5.88 Å². The summed E-state index contributed by atoms with van der Waals surface area (Å²) in [5.41, 5.74) is 2.05. The maximum Gasteiger partial charge on any atom is 0.0646 e. The Morgan fingerprint density at radius 1 is 1.29 bits per heavy atom. The minimum atomic E-state index is 0.497. The highest BCUT2D eigenvalue weighted by molar-refractivity contribution is 9.10. The summed E-state index contributed by atoms with van der Waals surface area (Å²) >= 11 is 9.08. The lowest BCUT2D eigenvalue weighted by atomic mass is 10.3. The molecule has 0 aliphatic carbocycles. The minimum absolute atomic E-state index is 0.497. The van der Waals surface area contributed by atoms with E-state index < -0.39 is 0 Å². The first-order chi connectivity index (χ1) is 6.79. The molecule has 0 aliphatic rings. The summed E-state index contributed by atoms with van der Waals surface area (Å²) in [6, 6.07) is 7.96. The number of hydrogen-bond donors (Lipinski definition) is 0. The fourth-order valence-corrected chi connectivity index (χ4v) is 1.57. The van der Waals surface area contributed by atoms with Gasteiger partial charge in [-0.1, -0.05) is 15.9 Å². The van der Waals surface area contributed by atoms with E-state index in [9.17, 15) is 0 Å². The monoisotopic (exact) mass is 270 g/mol. The molecule has 0 aliphatic heterocycles. The van der Waals surface area contributed by atoms with Gasteiger partial charge in [-0.15, -0.1) is 11.6 Å². The van der Waals surface area contributed by atoms with Crippen LogP contribution in [-0.4, -0.2) is 9.78 Å². The molecule has 0 unspecified atom stereocenters. The van der Waals surface area contributed by atoms with Crippen molar-refractivity contribution in [3.8, 4) is 5.69 Å². The first-order valence-corrected chi connectivity index (χ1v) is 5.48. The molecule has 0 radical (unpaired) electrons. The third-order valence-corrected chi connectivity index (χ3v) is 2.72. The predicted molar refractivity (Wildman–Crippen MR) is 60.8 cm³/mol. The van der Waals surface area contributed by atoms with Crippen molar-refractivity contribution in [3.05, 3.63) is 46.7 Å². The van der Waals surface area contributed by atoms with E-state index >= 15 is 0 Å². The SMILES string of the molecule is ClCc1cnn(-c2ccc(Br)cc2)c1. The van der Waals surface area contributed by atoms with E-state index in [2.05, 4.69) is 21.0 Å². The molecule has 0 N–H and O–H groups in total. The van der Waals surface area contributed by atoms with Crippen LogP contribution in [0.4, 0.5) is 0 Å². The molecule has 0 atom stereocenters. The van der Waals surface area contributed by atoms with E-state index in [1.807, 2.05) is 35.1 Å². The van der Waals surface area contributed by atoms with Gasteiger partial charge in [-0.25, -0.2) is 4.68 Å². The third-order valence-electron chi connectivity index (χ3n) is 1.88. The average molecular weight is 272 g/mol. The van der Waals surface area contributed by atoms with Crippen LogP contribution in [0.1, 0.15) is 5.56 Å². The molecule has 14 heavy (non-hydrogen) atoms. The molecule has 2 rings (SSSR count). The number of alkyl halides is 1. The Kier molecular flexibility index (Phi) is 2.89. The standard InChI is InChI=1S/C10H8BrClN2/c11-9-1-3-10(4-2-9)14-7-8(5-12)6-13-14/h1-4,6-7H,5H2. The van der Waals surface area contributed by atoms with Gasteiger partial charge in [0.05, 0.1) is 17.8 Å². The summed E-state index contributed by atoms with van der Waals surface area (Å²) in [7, 11) is 0. The summed E-state index contributed by atoms with van der Waals surface area (Å²) in [4.78, 5) is 0. The molecule has 0 bridgehead atoms. The Hall–Kier alpha value is -0.800. The van der Waals surface area contributed by atoms with Crippen LogP contribution in [0.2, 0.25) is 0 Å². The Morgan fingerprint density at radius 2 is 2.00 bits per heavy atom. The van der Waals surface area contributed by atoms with Gasteiger partial charge in [0, 0.05) is 16.2 Å². The van der Waals surface area contributed by atoms with E-state index in [0.29, 0.717) is 5.88 Å². The molecule has 2 nitrogen and oxygen atoms in total. The first-order valence-electron chi connectivity index (χ1n) is 4.15. The largest absolute Gasteiger partial charge is 0.241 e. The molecule has 0 spiro atoms. The fourth-order valence-electron chi connectivity index (χ4n) is 1.16. The highest BCUT2D eigenvalue weighted by Crippen LogP contribution is 2.14. The van der Waals surface area contributed by atoms with Crippen LogP contribution in [0.3, 0.4) is 0 Å². The normalized spacial score (nSPS) is 10.4. The molecule has 1 aromatic heterocycles. The van der Waals surface area contributed by atoms with Gasteiger partial charge in [0.25, 0.3) is 0 Å². The summed E-state index contributed by atoms with van der Waals surface area (Å²) < 4.78 is 2.87. The second kappa shape index (κ2) is 4.15. The molecule has 72 valence electrons. The van der Waals surface area contributed by atoms with Gasteiger partial charge in [0.1, 0.15) is 0 Å². The maximum absolute atomic E-state index is 5.69. The van der Waals surface area contributed by atoms with Gasteiger partial charge < -0.3 is 0 Å². The summed E-state index contributed by atoms with van der Waals surface area (Å²) in [6.07, 6.45) is 3.70. The van der Waals surface area contributed by atoms with E-state index in [1.165, 1.54) is 0 Å². The lowest BCUT2D eigenvalue weighted by Crippen LogP contribution is -1.92. The number of halogens is 2. The molecule has 1 heterocycles. The number of rotatable bonds is 2. The highest BCUT2D eigenvalue weighted by Gasteiger charge is 1.99. The van der Waals surface area contributed by atoms with Crippen molar-refractivity contribution >= 4 is 27.5 Å². The zero-order chi connectivity index (χ0) is 9.97. The van der Waals surface area contributed by atoms with Crippen LogP contribution in [0.25, 0.3) is 5.69 Å². The maximum atomic E-state index is 5.69. The Morgan fingerprint density at radius 3 is 2.57 bits per heavy atom. The number of aromatic nitrogens is 2. The minimum Gasteiger partial charge on any atom is -0.241 e. The first kappa shape index (κ1) is 9.74. The molecule has 0 saturated heterocycles. The molecule has 0 amide bonds. The topological polar surface area (TPSA) is 17.8 Å². The van der Waals surface area contributed by atoms with Crippen LogP contribution >= 0.6 is 27.5 Å². The molecule has 0 saturated carbocycles. The van der Waals surface area contributed by atoms with E-state index in [1.54, 1.807) is 6.20 Å².